The average Bonchev–Trinajstić information content (AvgIpc) is 3.69. The van der Waals surface area contributed by atoms with E-state index in [-0.39, 0.29) is 29.4 Å². The minimum absolute atomic E-state index is 0.0243. The summed E-state index contributed by atoms with van der Waals surface area (Å²) in [6, 6.07) is 17.7. The Balaban J connectivity index is 1.09. The van der Waals surface area contributed by atoms with Gasteiger partial charge in [0.1, 0.15) is 54.0 Å². The molecule has 0 bridgehead atoms. The zero-order chi connectivity index (χ0) is 32.3. The van der Waals surface area contributed by atoms with E-state index >= 15 is 0 Å². The third-order valence-corrected chi connectivity index (χ3v) is 9.35. The fraction of sp³-hybridized carbons (Fsp3) is 0.429. The quantitative estimate of drug-likeness (QED) is 0.317. The highest BCUT2D eigenvalue weighted by atomic mass is 35.5. The summed E-state index contributed by atoms with van der Waals surface area (Å²) in [6.45, 7) is 2.68. The first kappa shape index (κ1) is 32.0. The average molecular weight is 650 g/mol. The van der Waals surface area contributed by atoms with E-state index in [0.717, 1.165) is 55.0 Å². The van der Waals surface area contributed by atoms with Gasteiger partial charge in [0.25, 0.3) is 5.91 Å². The summed E-state index contributed by atoms with van der Waals surface area (Å²) in [5.41, 5.74) is 7.73. The number of nitrogens with two attached hydrogens (primary N) is 1. The molecule has 3 heterocycles. The second kappa shape index (κ2) is 13.8. The Labute approximate surface area is 273 Å². The second-order valence-electron chi connectivity index (χ2n) is 12.3. The van der Waals surface area contributed by atoms with Crippen LogP contribution in [-0.2, 0) is 17.8 Å². The van der Waals surface area contributed by atoms with Crippen LogP contribution in [0.15, 0.2) is 60.7 Å². The number of aliphatic hydroxyl groups excluding tert-OH is 1. The number of primary amides is 1. The molecule has 3 aromatic carbocycles. The predicted molar refractivity (Wildman–Crippen MR) is 173 cm³/mol. The van der Waals surface area contributed by atoms with Crippen LogP contribution < -0.4 is 24.7 Å². The van der Waals surface area contributed by atoms with Crippen LogP contribution in [0.25, 0.3) is 0 Å². The zero-order valence-corrected chi connectivity index (χ0v) is 26.7. The molecule has 3 aliphatic rings. The fourth-order valence-corrected chi connectivity index (χ4v) is 6.79. The fourth-order valence-electron chi connectivity index (χ4n) is 6.60. The lowest BCUT2D eigenvalue weighted by atomic mass is 9.87. The molecule has 0 radical (unpaired) electrons. The van der Waals surface area contributed by atoms with E-state index in [4.69, 9.17) is 36.3 Å². The first-order valence-corrected chi connectivity index (χ1v) is 16.1. The third-order valence-electron chi connectivity index (χ3n) is 9.12. The molecule has 0 saturated carbocycles. The number of fused-ring (bicyclic) bond motifs is 1. The van der Waals surface area contributed by atoms with Crippen molar-refractivity contribution in [3.05, 3.63) is 82.4 Å². The predicted octanol–water partition coefficient (Wildman–Crippen LogP) is 4.23. The SMILES string of the molecule is COc1ccc(COc2ccc(C(=O)N3CCC[C@H]3C(N)=O)c(OC[C@@H](O)CN3CCC4(CC3)Cc3cc(Cl)ccc3O4)c2)cc1. The molecule has 11 heteroatoms. The van der Waals surface area contributed by atoms with Gasteiger partial charge in [0.15, 0.2) is 0 Å². The van der Waals surface area contributed by atoms with Crippen molar-refractivity contribution in [2.75, 3.05) is 39.9 Å². The summed E-state index contributed by atoms with van der Waals surface area (Å²) >= 11 is 6.19. The van der Waals surface area contributed by atoms with Gasteiger partial charge >= 0.3 is 0 Å². The normalized spacial score (nSPS) is 19.4. The molecule has 0 aromatic heterocycles. The Bertz CT molecular complexity index is 1560. The summed E-state index contributed by atoms with van der Waals surface area (Å²) in [6.07, 6.45) is 2.95. The molecule has 46 heavy (non-hydrogen) atoms. The number of methoxy groups -OCH3 is 1. The summed E-state index contributed by atoms with van der Waals surface area (Å²) in [5.74, 6) is 1.58. The molecule has 3 aliphatic heterocycles. The molecular formula is C35H40ClN3O7. The van der Waals surface area contributed by atoms with E-state index in [1.807, 2.05) is 42.5 Å². The first-order chi connectivity index (χ1) is 22.2. The number of hydrogen-bond donors (Lipinski definition) is 2. The summed E-state index contributed by atoms with van der Waals surface area (Å²) in [5, 5.41) is 11.7. The van der Waals surface area contributed by atoms with Gasteiger partial charge < -0.3 is 39.6 Å². The Morgan fingerprint density at radius 3 is 2.54 bits per heavy atom. The van der Waals surface area contributed by atoms with Gasteiger partial charge in [-0.15, -0.1) is 0 Å². The Kier molecular flexibility index (Phi) is 9.58. The van der Waals surface area contributed by atoms with Crippen molar-refractivity contribution in [3.63, 3.8) is 0 Å². The van der Waals surface area contributed by atoms with Crippen molar-refractivity contribution < 1.29 is 33.6 Å². The van der Waals surface area contributed by atoms with Crippen molar-refractivity contribution in [1.29, 1.82) is 0 Å². The van der Waals surface area contributed by atoms with Crippen LogP contribution in [0.4, 0.5) is 0 Å². The van der Waals surface area contributed by atoms with Gasteiger partial charge in [-0.2, -0.15) is 0 Å². The number of piperidine rings is 1. The number of halogens is 1. The number of likely N-dealkylation sites (tertiary alicyclic amines) is 2. The molecule has 3 aromatic rings. The molecule has 2 fully saturated rings. The summed E-state index contributed by atoms with van der Waals surface area (Å²) in [4.78, 5) is 29.3. The second-order valence-corrected chi connectivity index (χ2v) is 12.8. The maximum atomic E-state index is 13.6. The van der Waals surface area contributed by atoms with Crippen LogP contribution in [-0.4, -0.2) is 84.4 Å². The molecule has 0 aliphatic carbocycles. The van der Waals surface area contributed by atoms with Gasteiger partial charge in [-0.1, -0.05) is 23.7 Å². The molecule has 10 nitrogen and oxygen atoms in total. The number of β-amino-alcohol motifs (C(OH)–C–C–N with tert-alkyl or cyclic N) is 1. The Morgan fingerprint density at radius 2 is 1.80 bits per heavy atom. The van der Waals surface area contributed by atoms with Crippen molar-refractivity contribution in [2.24, 2.45) is 5.73 Å². The van der Waals surface area contributed by atoms with Crippen molar-refractivity contribution in [1.82, 2.24) is 9.80 Å². The van der Waals surface area contributed by atoms with Gasteiger partial charge in [-0.25, -0.2) is 0 Å². The lowest BCUT2D eigenvalue weighted by molar-refractivity contribution is -0.121. The van der Waals surface area contributed by atoms with Crippen LogP contribution in [0.2, 0.25) is 5.02 Å². The molecule has 0 unspecified atom stereocenters. The summed E-state index contributed by atoms with van der Waals surface area (Å²) in [7, 11) is 1.61. The molecule has 2 saturated heterocycles. The van der Waals surface area contributed by atoms with Crippen LogP contribution in [0.1, 0.15) is 47.2 Å². The molecule has 244 valence electrons. The number of carbonyl (C=O) groups excluding carboxylic acids is 2. The maximum absolute atomic E-state index is 13.6. The number of rotatable bonds is 11. The molecule has 1 spiro atoms. The van der Waals surface area contributed by atoms with Crippen molar-refractivity contribution >= 4 is 23.4 Å². The van der Waals surface area contributed by atoms with Gasteiger partial charge in [0, 0.05) is 56.5 Å². The van der Waals surface area contributed by atoms with Crippen LogP contribution >= 0.6 is 11.6 Å². The van der Waals surface area contributed by atoms with Gasteiger partial charge in [0.2, 0.25) is 5.91 Å². The number of amides is 2. The molecule has 2 amide bonds. The first-order valence-electron chi connectivity index (χ1n) is 15.7. The monoisotopic (exact) mass is 649 g/mol. The number of hydrogen-bond acceptors (Lipinski definition) is 8. The lowest BCUT2D eigenvalue weighted by Gasteiger charge is -2.39. The van der Waals surface area contributed by atoms with E-state index < -0.39 is 18.1 Å². The van der Waals surface area contributed by atoms with Crippen LogP contribution in [0.3, 0.4) is 0 Å². The van der Waals surface area contributed by atoms with Crippen LogP contribution in [0, 0.1) is 0 Å². The number of benzene rings is 3. The van der Waals surface area contributed by atoms with E-state index in [0.29, 0.717) is 43.3 Å². The minimum atomic E-state index is -0.800. The highest BCUT2D eigenvalue weighted by molar-refractivity contribution is 6.30. The van der Waals surface area contributed by atoms with E-state index in [1.54, 1.807) is 25.3 Å². The van der Waals surface area contributed by atoms with E-state index in [2.05, 4.69) is 4.90 Å². The third kappa shape index (κ3) is 7.19. The smallest absolute Gasteiger partial charge is 0.258 e. The standard InChI is InChI=1S/C35H40ClN3O7/c1-43-27-7-4-23(5-8-27)21-44-28-9-10-29(34(42)39-14-2-3-30(39)33(37)41)32(18-28)45-22-26(40)20-38-15-12-35(13-16-38)19-24-17-25(36)6-11-31(24)46-35/h4-11,17-18,26,30,40H,2-3,12-16,19-22H2,1H3,(H2,37,41)/t26-,30-/m0/s1. The van der Waals surface area contributed by atoms with Crippen LogP contribution in [0.5, 0.6) is 23.0 Å². The van der Waals surface area contributed by atoms with Gasteiger partial charge in [0.05, 0.1) is 12.7 Å². The largest absolute Gasteiger partial charge is 0.497 e. The maximum Gasteiger partial charge on any atom is 0.258 e. The zero-order valence-electron chi connectivity index (χ0n) is 26.0. The topological polar surface area (TPSA) is 124 Å². The highest BCUT2D eigenvalue weighted by Gasteiger charge is 2.42. The number of carbonyl (C=O) groups is 2. The van der Waals surface area contributed by atoms with Crippen molar-refractivity contribution in [3.8, 4) is 23.0 Å². The molecular weight excluding hydrogens is 610 g/mol. The molecule has 3 N–H and O–H groups in total. The highest BCUT2D eigenvalue weighted by Crippen LogP contribution is 2.42. The van der Waals surface area contributed by atoms with E-state index in [9.17, 15) is 14.7 Å². The number of nitrogens with zero attached hydrogens (tertiary/aromatic N) is 2. The molecule has 6 rings (SSSR count). The molecule has 2 atom stereocenters. The Morgan fingerprint density at radius 1 is 1.04 bits per heavy atom. The number of ether oxygens (including phenoxy) is 4. The summed E-state index contributed by atoms with van der Waals surface area (Å²) < 4.78 is 23.7. The van der Waals surface area contributed by atoms with E-state index in [1.165, 1.54) is 4.90 Å². The number of aliphatic hydroxyl groups is 1. The minimum Gasteiger partial charge on any atom is -0.497 e. The van der Waals surface area contributed by atoms with Crippen molar-refractivity contribution in [2.45, 2.75) is 56.5 Å². The Hall–Kier alpha value is -3.99. The lowest BCUT2D eigenvalue weighted by Crippen LogP contribution is -2.49. The van der Waals surface area contributed by atoms with Gasteiger partial charge in [-0.05, 0) is 66.4 Å². The van der Waals surface area contributed by atoms with Gasteiger partial charge in [-0.3, -0.25) is 9.59 Å².